The minimum absolute atomic E-state index is 0. The standard InChI is InChI=1S/5CN.Cr/c5*1-2;/q5*-1;+5. The molecule has 0 aliphatic heterocycles. The van der Waals surface area contributed by atoms with E-state index in [1.54, 1.807) is 0 Å². The number of hydrogen-bond acceptors (Lipinski definition) is 5. The molecule has 0 bridgehead atoms. The Morgan fingerprint density at radius 3 is 0.364 bits per heavy atom. The van der Waals surface area contributed by atoms with Crippen molar-refractivity contribution >= 4 is 0 Å². The van der Waals surface area contributed by atoms with Crippen LogP contribution in [-0.4, -0.2) is 0 Å². The Morgan fingerprint density at radius 2 is 0.364 bits per heavy atom. The van der Waals surface area contributed by atoms with E-state index >= 15 is 0 Å². The fourth-order valence-corrected chi connectivity index (χ4v) is 0. The van der Waals surface area contributed by atoms with Crippen molar-refractivity contribution in [2.45, 2.75) is 0 Å². The maximum atomic E-state index is 6.25. The summed E-state index contributed by atoms with van der Waals surface area (Å²) in [5, 5.41) is 31.2. The van der Waals surface area contributed by atoms with Gasteiger partial charge >= 0.3 is 17.4 Å². The quantitative estimate of drug-likeness (QED) is 0.504. The predicted octanol–water partition coefficient (Wildman–Crippen LogP) is 0.479. The number of hydrogen-bond donors (Lipinski definition) is 0. The van der Waals surface area contributed by atoms with E-state index in [4.69, 9.17) is 59.2 Å². The molecular formula is C5CrN5. The minimum atomic E-state index is 0. The molecule has 0 aromatic heterocycles. The molecule has 0 heterocycles. The fourth-order valence-electron chi connectivity index (χ4n) is 0. The second-order valence-electron chi connectivity index (χ2n) is 0. The largest absolute Gasteiger partial charge is 5.00 e. The van der Waals surface area contributed by atoms with Crippen molar-refractivity contribution in [3.8, 4) is 0 Å². The van der Waals surface area contributed by atoms with Gasteiger partial charge in [0.25, 0.3) is 0 Å². The van der Waals surface area contributed by atoms with Gasteiger partial charge in [0.2, 0.25) is 0 Å². The van der Waals surface area contributed by atoms with E-state index in [-0.39, 0.29) is 17.4 Å². The molecule has 0 fully saturated rings. The van der Waals surface area contributed by atoms with Gasteiger partial charge in [-0.15, -0.1) is 0 Å². The van der Waals surface area contributed by atoms with Gasteiger partial charge in [-0.1, -0.05) is 0 Å². The summed E-state index contributed by atoms with van der Waals surface area (Å²) in [5.41, 5.74) is 0. The van der Waals surface area contributed by atoms with Gasteiger partial charge in [0.1, 0.15) is 0 Å². The average molecular weight is 182 g/mol. The molecule has 51 valence electrons. The van der Waals surface area contributed by atoms with Gasteiger partial charge in [-0.25, -0.2) is 0 Å². The van der Waals surface area contributed by atoms with Crippen molar-refractivity contribution in [1.29, 1.82) is 26.3 Å². The predicted molar refractivity (Wildman–Crippen MR) is 24.8 cm³/mol. The molecule has 11 heavy (non-hydrogen) atoms. The molecule has 1 radical (unpaired) electrons. The van der Waals surface area contributed by atoms with Gasteiger partial charge < -0.3 is 59.2 Å². The Kier molecular flexibility index (Phi) is 559. The zero-order valence-electron chi connectivity index (χ0n) is 5.14. The van der Waals surface area contributed by atoms with Gasteiger partial charge in [-0.2, -0.15) is 0 Å². The van der Waals surface area contributed by atoms with Gasteiger partial charge in [-0.05, 0) is 0 Å². The first-order chi connectivity index (χ1) is 5.00. The molecule has 0 saturated carbocycles. The Hall–Kier alpha value is -2.02. The normalized spacial score (nSPS) is 0.909. The Labute approximate surface area is 77.1 Å². The zero-order chi connectivity index (χ0) is 10.0. The maximum absolute atomic E-state index is 6.25. The van der Waals surface area contributed by atoms with Crippen LogP contribution < -0.4 is 0 Å². The van der Waals surface area contributed by atoms with Crippen molar-refractivity contribution < 1.29 is 17.4 Å². The molecule has 0 atom stereocenters. The van der Waals surface area contributed by atoms with Crippen LogP contribution in [0.4, 0.5) is 0 Å². The molecule has 0 aliphatic rings. The van der Waals surface area contributed by atoms with Crippen LogP contribution in [0.15, 0.2) is 0 Å². The van der Waals surface area contributed by atoms with Crippen LogP contribution in [0.3, 0.4) is 0 Å². The summed E-state index contributed by atoms with van der Waals surface area (Å²) < 4.78 is 0. The third-order valence-corrected chi connectivity index (χ3v) is 0. The summed E-state index contributed by atoms with van der Waals surface area (Å²) in [5.74, 6) is 0. The SMILES string of the molecule is [C-]#N.[C-]#N.[C-]#N.[C-]#N.[C-]#N.[Cr+5]. The van der Waals surface area contributed by atoms with Crippen molar-refractivity contribution in [3.63, 3.8) is 0 Å². The summed E-state index contributed by atoms with van der Waals surface area (Å²) in [6, 6.07) is 0. The summed E-state index contributed by atoms with van der Waals surface area (Å²) in [4.78, 5) is 0. The maximum Gasteiger partial charge on any atom is 5.00 e. The molecule has 0 rings (SSSR count). The van der Waals surface area contributed by atoms with E-state index in [0.29, 0.717) is 0 Å². The van der Waals surface area contributed by atoms with E-state index < -0.39 is 0 Å². The van der Waals surface area contributed by atoms with Crippen LogP contribution in [0.1, 0.15) is 0 Å². The van der Waals surface area contributed by atoms with Crippen LogP contribution in [0.25, 0.3) is 0 Å². The minimum Gasteiger partial charge on any atom is -0.512 e. The smallest absolute Gasteiger partial charge is 0.512 e. The number of rotatable bonds is 0. The summed E-state index contributed by atoms with van der Waals surface area (Å²) in [6.07, 6.45) is 0. The van der Waals surface area contributed by atoms with Gasteiger partial charge in [0.15, 0.2) is 0 Å². The summed E-state index contributed by atoms with van der Waals surface area (Å²) in [7, 11) is 0. The molecule has 0 amide bonds. The summed E-state index contributed by atoms with van der Waals surface area (Å²) >= 11 is 0. The first-order valence-corrected chi connectivity index (χ1v) is 1.12. The van der Waals surface area contributed by atoms with Gasteiger partial charge in [0.05, 0.1) is 0 Å². The molecule has 0 saturated heterocycles. The zero-order valence-corrected chi connectivity index (χ0v) is 6.42. The van der Waals surface area contributed by atoms with E-state index in [9.17, 15) is 0 Å². The molecule has 5 nitrogen and oxygen atoms in total. The van der Waals surface area contributed by atoms with Gasteiger partial charge in [-0.3, -0.25) is 0 Å². The second kappa shape index (κ2) is 95.6. The third kappa shape index (κ3) is 70.2. The van der Waals surface area contributed by atoms with Crippen molar-refractivity contribution in [3.05, 3.63) is 32.9 Å². The fraction of sp³-hybridized carbons (Fsp3) is 0. The number of nitrogens with zero attached hydrogens (tertiary/aromatic N) is 5. The summed E-state index contributed by atoms with van der Waals surface area (Å²) in [6.45, 7) is 23.8. The van der Waals surface area contributed by atoms with Crippen molar-refractivity contribution in [1.82, 2.24) is 0 Å². The van der Waals surface area contributed by atoms with Crippen LogP contribution in [0, 0.1) is 59.2 Å². The Balaban J connectivity index is -0.00000000694. The molecular weight excluding hydrogens is 182 g/mol. The van der Waals surface area contributed by atoms with E-state index in [0.717, 1.165) is 0 Å². The monoisotopic (exact) mass is 182 g/mol. The average Bonchev–Trinajstić information content (AvgIpc) is 2.20. The Bertz CT molecular complexity index is 73.4. The van der Waals surface area contributed by atoms with Crippen LogP contribution in [0.2, 0.25) is 0 Å². The van der Waals surface area contributed by atoms with Crippen LogP contribution in [0.5, 0.6) is 0 Å². The van der Waals surface area contributed by atoms with E-state index in [1.165, 1.54) is 0 Å². The second-order valence-corrected chi connectivity index (χ2v) is 0. The third-order valence-electron chi connectivity index (χ3n) is 0. The van der Waals surface area contributed by atoms with E-state index in [2.05, 4.69) is 0 Å². The molecule has 0 aliphatic carbocycles. The molecule has 0 unspecified atom stereocenters. The van der Waals surface area contributed by atoms with Crippen LogP contribution in [-0.2, 0) is 17.4 Å². The van der Waals surface area contributed by atoms with E-state index in [1.807, 2.05) is 0 Å². The molecule has 6 heteroatoms. The first kappa shape index (κ1) is 64.3. The van der Waals surface area contributed by atoms with Crippen molar-refractivity contribution in [2.24, 2.45) is 0 Å². The molecule has 0 spiro atoms. The Morgan fingerprint density at radius 1 is 0.364 bits per heavy atom. The molecule has 0 aromatic rings. The topological polar surface area (TPSA) is 119 Å². The van der Waals surface area contributed by atoms with Gasteiger partial charge in [0, 0.05) is 0 Å². The molecule has 0 N–H and O–H groups in total. The first-order valence-electron chi connectivity index (χ1n) is 1.12. The van der Waals surface area contributed by atoms with Crippen LogP contribution >= 0.6 is 0 Å². The van der Waals surface area contributed by atoms with Crippen molar-refractivity contribution in [2.75, 3.05) is 0 Å². The molecule has 0 aromatic carbocycles.